The third-order valence-electron chi connectivity index (χ3n) is 3.68. The Morgan fingerprint density at radius 2 is 1.81 bits per heavy atom. The first-order valence-corrected chi connectivity index (χ1v) is 8.09. The van der Waals surface area contributed by atoms with Gasteiger partial charge in [0.15, 0.2) is 0 Å². The molecule has 6 heteroatoms. The van der Waals surface area contributed by atoms with E-state index in [-0.39, 0.29) is 11.6 Å². The molecule has 3 rings (SSSR count). The molecule has 0 saturated heterocycles. The number of hydrogen-bond acceptors (Lipinski definition) is 5. The van der Waals surface area contributed by atoms with Gasteiger partial charge in [0.25, 0.3) is 5.91 Å². The summed E-state index contributed by atoms with van der Waals surface area (Å²) in [6.45, 7) is 2.32. The predicted octanol–water partition coefficient (Wildman–Crippen LogP) is 3.52. The van der Waals surface area contributed by atoms with Gasteiger partial charge < -0.3 is 10.6 Å². The van der Waals surface area contributed by atoms with Crippen LogP contribution in [-0.4, -0.2) is 15.9 Å². The molecule has 3 aromatic rings. The molecule has 1 amide bonds. The van der Waals surface area contributed by atoms with Crippen molar-refractivity contribution < 1.29 is 4.79 Å². The summed E-state index contributed by atoms with van der Waals surface area (Å²) in [7, 11) is 0. The smallest absolute Gasteiger partial charge is 0.274 e. The van der Waals surface area contributed by atoms with E-state index < -0.39 is 0 Å². The zero-order valence-electron chi connectivity index (χ0n) is 14.2. The van der Waals surface area contributed by atoms with Gasteiger partial charge in [-0.15, -0.1) is 0 Å². The van der Waals surface area contributed by atoms with Gasteiger partial charge in [0.1, 0.15) is 23.4 Å². The van der Waals surface area contributed by atoms with Gasteiger partial charge in [0, 0.05) is 12.6 Å². The number of anilines is 2. The van der Waals surface area contributed by atoms with Crippen molar-refractivity contribution in [2.75, 3.05) is 10.6 Å². The molecular formula is C20H17N5O. The van der Waals surface area contributed by atoms with Crippen LogP contribution in [0.5, 0.6) is 0 Å². The molecule has 0 radical (unpaired) electrons. The zero-order valence-corrected chi connectivity index (χ0v) is 14.2. The van der Waals surface area contributed by atoms with Gasteiger partial charge in [-0.05, 0) is 24.6 Å². The van der Waals surface area contributed by atoms with Crippen LogP contribution in [0.1, 0.15) is 27.4 Å². The number of carbonyl (C=O) groups excluding carboxylic acids is 1. The minimum atomic E-state index is -0.388. The van der Waals surface area contributed by atoms with Crippen LogP contribution in [0.3, 0.4) is 0 Å². The molecule has 0 saturated carbocycles. The normalized spacial score (nSPS) is 10.0. The van der Waals surface area contributed by atoms with E-state index in [0.29, 0.717) is 29.4 Å². The summed E-state index contributed by atoms with van der Waals surface area (Å²) in [5.41, 5.74) is 2.20. The van der Waals surface area contributed by atoms with Crippen molar-refractivity contribution in [3.8, 4) is 6.07 Å². The molecule has 2 aromatic carbocycles. The van der Waals surface area contributed by atoms with Crippen LogP contribution >= 0.6 is 0 Å². The molecule has 0 aliphatic rings. The van der Waals surface area contributed by atoms with E-state index in [1.54, 1.807) is 37.3 Å². The molecule has 0 fully saturated rings. The number of nitrogens with one attached hydrogen (secondary N) is 2. The molecule has 6 nitrogen and oxygen atoms in total. The number of hydrogen-bond donors (Lipinski definition) is 2. The van der Waals surface area contributed by atoms with Crippen molar-refractivity contribution >= 4 is 17.4 Å². The van der Waals surface area contributed by atoms with Gasteiger partial charge in [-0.1, -0.05) is 42.5 Å². The van der Waals surface area contributed by atoms with Crippen LogP contribution in [0.15, 0.2) is 60.7 Å². The fourth-order valence-corrected chi connectivity index (χ4v) is 2.44. The van der Waals surface area contributed by atoms with E-state index in [9.17, 15) is 4.79 Å². The second-order valence-electron chi connectivity index (χ2n) is 5.64. The van der Waals surface area contributed by atoms with Crippen LogP contribution in [0.2, 0.25) is 0 Å². The number of aromatic nitrogens is 2. The molecule has 0 bridgehead atoms. The molecule has 0 spiro atoms. The molecule has 0 aliphatic carbocycles. The summed E-state index contributed by atoms with van der Waals surface area (Å²) in [4.78, 5) is 21.0. The number of rotatable bonds is 5. The number of benzene rings is 2. The fraction of sp³-hybridized carbons (Fsp3) is 0.100. The van der Waals surface area contributed by atoms with Crippen molar-refractivity contribution in [2.45, 2.75) is 13.5 Å². The lowest BCUT2D eigenvalue weighted by atomic mass is 10.2. The maximum Gasteiger partial charge on any atom is 0.274 e. The lowest BCUT2D eigenvalue weighted by Crippen LogP contribution is -2.16. The van der Waals surface area contributed by atoms with Crippen LogP contribution < -0.4 is 10.6 Å². The van der Waals surface area contributed by atoms with Crippen molar-refractivity contribution in [2.24, 2.45) is 0 Å². The lowest BCUT2D eigenvalue weighted by molar-refractivity contribution is 0.102. The van der Waals surface area contributed by atoms with Gasteiger partial charge in [-0.2, -0.15) is 5.26 Å². The van der Waals surface area contributed by atoms with Gasteiger partial charge >= 0.3 is 0 Å². The highest BCUT2D eigenvalue weighted by atomic mass is 16.1. The highest BCUT2D eigenvalue weighted by Gasteiger charge is 2.12. The Morgan fingerprint density at radius 3 is 2.58 bits per heavy atom. The fourth-order valence-electron chi connectivity index (χ4n) is 2.44. The van der Waals surface area contributed by atoms with Gasteiger partial charge in [0.2, 0.25) is 0 Å². The molecule has 0 unspecified atom stereocenters. The SMILES string of the molecule is Cc1nc(NCc2ccccc2)cc(C(=O)Nc2ccccc2C#N)n1. The molecule has 0 aliphatic heterocycles. The van der Waals surface area contributed by atoms with Gasteiger partial charge in [0.05, 0.1) is 11.3 Å². The summed E-state index contributed by atoms with van der Waals surface area (Å²) in [5.74, 6) is 0.669. The maximum absolute atomic E-state index is 12.5. The summed E-state index contributed by atoms with van der Waals surface area (Å²) < 4.78 is 0. The number of aryl methyl sites for hydroxylation is 1. The average Bonchev–Trinajstić information content (AvgIpc) is 2.67. The van der Waals surface area contributed by atoms with Crippen LogP contribution in [0.25, 0.3) is 0 Å². The minimum Gasteiger partial charge on any atom is -0.366 e. The molecule has 128 valence electrons. The Kier molecular flexibility index (Phi) is 5.20. The Morgan fingerprint density at radius 1 is 1.08 bits per heavy atom. The number of nitriles is 1. The monoisotopic (exact) mass is 343 g/mol. The topological polar surface area (TPSA) is 90.7 Å². The van der Waals surface area contributed by atoms with E-state index in [1.807, 2.05) is 30.3 Å². The van der Waals surface area contributed by atoms with E-state index in [1.165, 1.54) is 0 Å². The highest BCUT2D eigenvalue weighted by molar-refractivity contribution is 6.03. The van der Waals surface area contributed by atoms with E-state index in [2.05, 4.69) is 26.7 Å². The standard InChI is InChI=1S/C20H17N5O/c1-14-23-18(20(26)25-17-10-6-5-9-16(17)12-21)11-19(24-14)22-13-15-7-3-2-4-8-15/h2-11H,13H2,1H3,(H,25,26)(H,22,23,24). The Balaban J connectivity index is 1.76. The Hall–Kier alpha value is -3.72. The Labute approximate surface area is 151 Å². The molecule has 1 aromatic heterocycles. The van der Waals surface area contributed by atoms with E-state index >= 15 is 0 Å². The number of nitrogens with zero attached hydrogens (tertiary/aromatic N) is 3. The average molecular weight is 343 g/mol. The number of carbonyl (C=O) groups is 1. The summed E-state index contributed by atoms with van der Waals surface area (Å²) in [6.07, 6.45) is 0. The summed E-state index contributed by atoms with van der Waals surface area (Å²) >= 11 is 0. The minimum absolute atomic E-state index is 0.237. The Bertz CT molecular complexity index is 963. The molecule has 0 atom stereocenters. The lowest BCUT2D eigenvalue weighted by Gasteiger charge is -2.10. The van der Waals surface area contributed by atoms with E-state index in [0.717, 1.165) is 5.56 Å². The van der Waals surface area contributed by atoms with Crippen molar-refractivity contribution in [1.82, 2.24) is 9.97 Å². The van der Waals surface area contributed by atoms with Crippen LogP contribution in [0, 0.1) is 18.3 Å². The van der Waals surface area contributed by atoms with Crippen LogP contribution in [-0.2, 0) is 6.54 Å². The molecule has 1 heterocycles. The molecular weight excluding hydrogens is 326 g/mol. The first-order valence-electron chi connectivity index (χ1n) is 8.09. The third-order valence-corrected chi connectivity index (χ3v) is 3.68. The van der Waals surface area contributed by atoms with Gasteiger partial charge in [-0.3, -0.25) is 4.79 Å². The molecule has 2 N–H and O–H groups in total. The second kappa shape index (κ2) is 7.90. The quantitative estimate of drug-likeness (QED) is 0.739. The van der Waals surface area contributed by atoms with Gasteiger partial charge in [-0.25, -0.2) is 9.97 Å². The maximum atomic E-state index is 12.5. The zero-order chi connectivity index (χ0) is 18.4. The third kappa shape index (κ3) is 4.22. The summed E-state index contributed by atoms with van der Waals surface area (Å²) in [6, 6.07) is 20.4. The van der Waals surface area contributed by atoms with Crippen molar-refractivity contribution in [3.05, 3.63) is 83.3 Å². The first-order chi connectivity index (χ1) is 12.7. The first kappa shape index (κ1) is 17.1. The summed E-state index contributed by atoms with van der Waals surface area (Å²) in [5, 5.41) is 15.1. The predicted molar refractivity (Wildman–Crippen MR) is 99.6 cm³/mol. The second-order valence-corrected chi connectivity index (χ2v) is 5.64. The molecule has 26 heavy (non-hydrogen) atoms. The van der Waals surface area contributed by atoms with Crippen molar-refractivity contribution in [1.29, 1.82) is 5.26 Å². The highest BCUT2D eigenvalue weighted by Crippen LogP contribution is 2.16. The number of amides is 1. The largest absolute Gasteiger partial charge is 0.366 e. The van der Waals surface area contributed by atoms with Crippen LogP contribution in [0.4, 0.5) is 11.5 Å². The number of para-hydroxylation sites is 1. The van der Waals surface area contributed by atoms with Crippen molar-refractivity contribution in [3.63, 3.8) is 0 Å². The van der Waals surface area contributed by atoms with E-state index in [4.69, 9.17) is 5.26 Å².